The Kier molecular flexibility index (Phi) is 4.64. The van der Waals surface area contributed by atoms with Crippen molar-refractivity contribution in [3.05, 3.63) is 94.5 Å². The zero-order valence-electron chi connectivity index (χ0n) is 16.1. The van der Waals surface area contributed by atoms with Crippen molar-refractivity contribution < 1.29 is 9.47 Å². The predicted octanol–water partition coefficient (Wildman–Crippen LogP) is 5.98. The molecule has 3 aromatic carbocycles. The maximum absolute atomic E-state index is 6.44. The van der Waals surface area contributed by atoms with Crippen LogP contribution in [0.15, 0.2) is 77.9 Å². The lowest BCUT2D eigenvalue weighted by Gasteiger charge is -2.38. The Labute approximate surface area is 175 Å². The number of rotatable bonds is 4. The van der Waals surface area contributed by atoms with Crippen LogP contribution < -0.4 is 9.47 Å². The number of ether oxygens (including phenoxy) is 2. The SMILES string of the molecule is CCOc1ccccc1[C@@H]1Oc2ccccc2[C@H]2CC(c3ccc(Cl)cc3)=NN21. The molecule has 0 spiro atoms. The first-order chi connectivity index (χ1) is 14.2. The Balaban J connectivity index is 1.60. The highest BCUT2D eigenvalue weighted by Crippen LogP contribution is 2.48. The van der Waals surface area contributed by atoms with Gasteiger partial charge >= 0.3 is 0 Å². The molecule has 0 radical (unpaired) electrons. The van der Waals surface area contributed by atoms with Gasteiger partial charge in [0.15, 0.2) is 0 Å². The van der Waals surface area contributed by atoms with Gasteiger partial charge in [-0.15, -0.1) is 0 Å². The Hall–Kier alpha value is -2.98. The van der Waals surface area contributed by atoms with Crippen molar-refractivity contribution in [3.8, 4) is 11.5 Å². The normalized spacial score (nSPS) is 19.8. The third-order valence-electron chi connectivity index (χ3n) is 5.36. The van der Waals surface area contributed by atoms with E-state index in [2.05, 4.69) is 23.2 Å². The fourth-order valence-corrected chi connectivity index (χ4v) is 4.15. The molecule has 0 aromatic heterocycles. The molecular formula is C24H21ClN2O2. The van der Waals surface area contributed by atoms with Gasteiger partial charge in [0.25, 0.3) is 0 Å². The minimum atomic E-state index is -0.345. The monoisotopic (exact) mass is 404 g/mol. The second-order valence-electron chi connectivity index (χ2n) is 7.13. The third kappa shape index (κ3) is 3.23. The van der Waals surface area contributed by atoms with Gasteiger partial charge in [0.2, 0.25) is 6.23 Å². The van der Waals surface area contributed by atoms with Gasteiger partial charge in [-0.25, -0.2) is 5.01 Å². The molecule has 0 amide bonds. The smallest absolute Gasteiger partial charge is 0.217 e. The number of halogens is 1. The van der Waals surface area contributed by atoms with E-state index in [9.17, 15) is 0 Å². The van der Waals surface area contributed by atoms with Crippen molar-refractivity contribution in [3.63, 3.8) is 0 Å². The first-order valence-corrected chi connectivity index (χ1v) is 10.2. The van der Waals surface area contributed by atoms with Crippen molar-refractivity contribution in [2.24, 2.45) is 5.10 Å². The number of benzene rings is 3. The van der Waals surface area contributed by atoms with Gasteiger partial charge in [0, 0.05) is 17.0 Å². The lowest BCUT2D eigenvalue weighted by Crippen LogP contribution is -2.34. The molecule has 29 heavy (non-hydrogen) atoms. The topological polar surface area (TPSA) is 34.1 Å². The number of hydrazone groups is 1. The minimum Gasteiger partial charge on any atom is -0.493 e. The summed E-state index contributed by atoms with van der Waals surface area (Å²) in [6, 6.07) is 24.2. The van der Waals surface area contributed by atoms with Gasteiger partial charge in [-0.1, -0.05) is 54.1 Å². The van der Waals surface area contributed by atoms with Gasteiger partial charge in [0.1, 0.15) is 11.5 Å². The maximum Gasteiger partial charge on any atom is 0.217 e. The molecule has 2 atom stereocenters. The highest BCUT2D eigenvalue weighted by atomic mass is 35.5. The Bertz CT molecular complexity index is 1060. The Morgan fingerprint density at radius 1 is 1.00 bits per heavy atom. The second-order valence-corrected chi connectivity index (χ2v) is 7.57. The summed E-state index contributed by atoms with van der Waals surface area (Å²) < 4.78 is 12.3. The summed E-state index contributed by atoms with van der Waals surface area (Å²) in [6.07, 6.45) is 0.470. The van der Waals surface area contributed by atoms with E-state index in [1.165, 1.54) is 0 Å². The van der Waals surface area contributed by atoms with Crippen LogP contribution in [0.2, 0.25) is 5.02 Å². The molecule has 0 saturated heterocycles. The van der Waals surface area contributed by atoms with Crippen molar-refractivity contribution in [2.75, 3.05) is 6.61 Å². The molecule has 0 fully saturated rings. The summed E-state index contributed by atoms with van der Waals surface area (Å²) >= 11 is 6.07. The van der Waals surface area contributed by atoms with Gasteiger partial charge in [-0.05, 0) is 42.8 Å². The van der Waals surface area contributed by atoms with Crippen molar-refractivity contribution in [1.29, 1.82) is 0 Å². The maximum atomic E-state index is 6.44. The summed E-state index contributed by atoms with van der Waals surface area (Å²) in [5.41, 5.74) is 4.25. The highest BCUT2D eigenvalue weighted by Gasteiger charge is 2.41. The van der Waals surface area contributed by atoms with Gasteiger partial charge in [-0.3, -0.25) is 0 Å². The van der Waals surface area contributed by atoms with Crippen molar-refractivity contribution in [2.45, 2.75) is 25.6 Å². The fourth-order valence-electron chi connectivity index (χ4n) is 4.03. The zero-order valence-corrected chi connectivity index (χ0v) is 16.8. The standard InChI is InChI=1S/C24H21ClN2O2/c1-2-28-22-9-5-4-8-19(22)24-27-21(18-7-3-6-10-23(18)29-24)15-20(26-27)16-11-13-17(25)14-12-16/h3-14,21,24H,2,15H2,1H3/t21-,24+/m1/s1. The number of fused-ring (bicyclic) bond motifs is 3. The molecule has 2 aliphatic heterocycles. The minimum absolute atomic E-state index is 0.116. The molecule has 0 N–H and O–H groups in total. The van der Waals surface area contributed by atoms with E-state index in [1.54, 1.807) is 0 Å². The number of hydrogen-bond donors (Lipinski definition) is 0. The van der Waals surface area contributed by atoms with Crippen LogP contribution in [0.25, 0.3) is 0 Å². The lowest BCUT2D eigenvalue weighted by molar-refractivity contribution is -0.0205. The first-order valence-electron chi connectivity index (χ1n) is 9.83. The molecule has 0 unspecified atom stereocenters. The number of nitrogens with zero attached hydrogens (tertiary/aromatic N) is 2. The van der Waals surface area contributed by atoms with E-state index >= 15 is 0 Å². The zero-order chi connectivity index (χ0) is 19.8. The second kappa shape index (κ2) is 7.45. The summed E-state index contributed by atoms with van der Waals surface area (Å²) in [5, 5.41) is 7.79. The van der Waals surface area contributed by atoms with Crippen LogP contribution in [0.1, 0.15) is 42.3 Å². The molecule has 3 aromatic rings. The quantitative estimate of drug-likeness (QED) is 0.536. The van der Waals surface area contributed by atoms with E-state index in [1.807, 2.05) is 61.5 Å². The van der Waals surface area contributed by atoms with Crippen LogP contribution in [0.3, 0.4) is 0 Å². The van der Waals surface area contributed by atoms with E-state index < -0.39 is 0 Å². The van der Waals surface area contributed by atoms with Crippen LogP contribution in [0.4, 0.5) is 0 Å². The molecule has 2 heterocycles. The average molecular weight is 405 g/mol. The van der Waals surface area contributed by atoms with Crippen LogP contribution in [-0.2, 0) is 0 Å². The Morgan fingerprint density at radius 3 is 2.52 bits per heavy atom. The van der Waals surface area contributed by atoms with Crippen molar-refractivity contribution >= 4 is 17.3 Å². The molecule has 0 saturated carbocycles. The van der Waals surface area contributed by atoms with Crippen LogP contribution in [0.5, 0.6) is 11.5 Å². The van der Waals surface area contributed by atoms with Crippen LogP contribution >= 0.6 is 11.6 Å². The summed E-state index contributed by atoms with van der Waals surface area (Å²) in [6.45, 7) is 2.59. The lowest BCUT2D eigenvalue weighted by atomic mass is 9.96. The number of hydrogen-bond acceptors (Lipinski definition) is 4. The fraction of sp³-hybridized carbons (Fsp3) is 0.208. The van der Waals surface area contributed by atoms with Gasteiger partial charge in [0.05, 0.1) is 23.9 Å². The molecule has 5 rings (SSSR count). The van der Waals surface area contributed by atoms with Gasteiger partial charge in [-0.2, -0.15) is 5.10 Å². The van der Waals surface area contributed by atoms with E-state index in [0.29, 0.717) is 6.61 Å². The summed E-state index contributed by atoms with van der Waals surface area (Å²) in [4.78, 5) is 0. The average Bonchev–Trinajstić information content (AvgIpc) is 3.20. The summed E-state index contributed by atoms with van der Waals surface area (Å²) in [7, 11) is 0. The Morgan fingerprint density at radius 2 is 1.72 bits per heavy atom. The molecule has 4 nitrogen and oxygen atoms in total. The molecule has 2 aliphatic rings. The molecule has 5 heteroatoms. The molecule has 0 bridgehead atoms. The highest BCUT2D eigenvalue weighted by molar-refractivity contribution is 6.30. The first kappa shape index (κ1) is 18.1. The molecular weight excluding hydrogens is 384 g/mol. The molecule has 146 valence electrons. The van der Waals surface area contributed by atoms with Gasteiger partial charge < -0.3 is 9.47 Å². The van der Waals surface area contributed by atoms with Crippen molar-refractivity contribution in [1.82, 2.24) is 5.01 Å². The molecule has 0 aliphatic carbocycles. The van der Waals surface area contributed by atoms with Crippen LogP contribution in [0, 0.1) is 0 Å². The van der Waals surface area contributed by atoms with E-state index in [4.69, 9.17) is 26.2 Å². The predicted molar refractivity (Wildman–Crippen MR) is 115 cm³/mol. The van der Waals surface area contributed by atoms with E-state index in [0.717, 1.165) is 45.3 Å². The van der Waals surface area contributed by atoms with Crippen LogP contribution in [-0.4, -0.2) is 17.3 Å². The van der Waals surface area contributed by atoms with E-state index in [-0.39, 0.29) is 12.3 Å². The third-order valence-corrected chi connectivity index (χ3v) is 5.61. The number of para-hydroxylation sites is 2. The summed E-state index contributed by atoms with van der Waals surface area (Å²) in [5.74, 6) is 1.73. The largest absolute Gasteiger partial charge is 0.493 e.